The minimum Gasteiger partial charge on any atom is -0.497 e. The van der Waals surface area contributed by atoms with Crippen molar-refractivity contribution in [1.29, 1.82) is 0 Å². The summed E-state index contributed by atoms with van der Waals surface area (Å²) in [5.74, 6) is 0.259. The van der Waals surface area contributed by atoms with Gasteiger partial charge in [-0.1, -0.05) is 12.1 Å². The quantitative estimate of drug-likeness (QED) is 0.370. The summed E-state index contributed by atoms with van der Waals surface area (Å²) in [4.78, 5) is 17.6. The second kappa shape index (κ2) is 9.46. The lowest BCUT2D eigenvalue weighted by Crippen LogP contribution is -2.15. The number of carbonyl (C=O) groups is 1. The van der Waals surface area contributed by atoms with Gasteiger partial charge in [-0.25, -0.2) is 9.67 Å². The maximum Gasteiger partial charge on any atom is 0.387 e. The lowest BCUT2D eigenvalue weighted by Gasteiger charge is -2.14. The molecule has 0 unspecified atom stereocenters. The molecule has 176 valence electrons. The molecule has 0 aliphatic rings. The maximum absolute atomic E-state index is 13.1. The number of methoxy groups -OCH3 is 1. The summed E-state index contributed by atoms with van der Waals surface area (Å²) in [7, 11) is 1.54. The molecule has 0 saturated heterocycles. The molecule has 0 saturated carbocycles. The summed E-state index contributed by atoms with van der Waals surface area (Å²) in [5.41, 5.74) is 3.13. The van der Waals surface area contributed by atoms with Gasteiger partial charge >= 0.3 is 6.61 Å². The number of nitrogens with zero attached hydrogens (tertiary/aromatic N) is 3. The largest absolute Gasteiger partial charge is 0.497 e. The highest BCUT2D eigenvalue weighted by atomic mass is 19.3. The Balaban J connectivity index is 1.67. The van der Waals surface area contributed by atoms with E-state index in [2.05, 4.69) is 15.4 Å². The van der Waals surface area contributed by atoms with Crippen LogP contribution in [0.3, 0.4) is 0 Å². The number of rotatable bonds is 7. The third-order valence-corrected chi connectivity index (χ3v) is 5.35. The minimum atomic E-state index is -2.98. The van der Waals surface area contributed by atoms with Gasteiger partial charge in [-0.15, -0.1) is 0 Å². The lowest BCUT2D eigenvalue weighted by molar-refractivity contribution is -0.0494. The molecule has 0 atom stereocenters. The van der Waals surface area contributed by atoms with Crippen molar-refractivity contribution in [2.45, 2.75) is 33.4 Å². The van der Waals surface area contributed by atoms with Crippen molar-refractivity contribution in [2.24, 2.45) is 0 Å². The molecular weight excluding hydrogens is 442 g/mol. The van der Waals surface area contributed by atoms with E-state index in [1.165, 1.54) is 12.1 Å². The van der Waals surface area contributed by atoms with Crippen LogP contribution in [-0.2, 0) is 0 Å². The zero-order valence-corrected chi connectivity index (χ0v) is 19.2. The predicted molar refractivity (Wildman–Crippen MR) is 126 cm³/mol. The number of nitrogens with one attached hydrogen (secondary N) is 1. The van der Waals surface area contributed by atoms with Gasteiger partial charge in [0.15, 0.2) is 5.65 Å². The fraction of sp³-hybridized carbons (Fsp3) is 0.240. The van der Waals surface area contributed by atoms with Crippen molar-refractivity contribution in [3.8, 4) is 22.6 Å². The molecule has 34 heavy (non-hydrogen) atoms. The number of hydrogen-bond donors (Lipinski definition) is 1. The fourth-order valence-electron chi connectivity index (χ4n) is 3.67. The molecule has 0 aliphatic carbocycles. The topological polar surface area (TPSA) is 78.3 Å². The van der Waals surface area contributed by atoms with Crippen molar-refractivity contribution in [1.82, 2.24) is 14.8 Å². The van der Waals surface area contributed by atoms with Gasteiger partial charge in [0.25, 0.3) is 5.91 Å². The number of hydrogen-bond acceptors (Lipinski definition) is 5. The third-order valence-electron chi connectivity index (χ3n) is 5.35. The molecule has 0 fully saturated rings. The number of anilines is 1. The summed E-state index contributed by atoms with van der Waals surface area (Å²) in [6.07, 6.45) is 1.68. The first kappa shape index (κ1) is 23.2. The average molecular weight is 466 g/mol. The van der Waals surface area contributed by atoms with Gasteiger partial charge < -0.3 is 14.8 Å². The molecule has 4 rings (SSSR count). The van der Waals surface area contributed by atoms with E-state index in [1.807, 2.05) is 13.8 Å². The summed E-state index contributed by atoms with van der Waals surface area (Å²) >= 11 is 0. The number of aryl methyl sites for hydroxylation is 1. The Labute approximate surface area is 195 Å². The standard InChI is InChI=1S/C25H24F2N4O3/c1-14(2)31-23-17(13-28-31)11-20(15(3)29-23)24(32)30-18-7-10-22(34-25(26)27)21(12-18)16-5-8-19(33-4)9-6-16/h5-14,25H,1-4H3,(H,30,32). The van der Waals surface area contributed by atoms with Crippen LogP contribution >= 0.6 is 0 Å². The Bertz CT molecular complexity index is 1330. The first-order valence-electron chi connectivity index (χ1n) is 10.7. The van der Waals surface area contributed by atoms with Crippen LogP contribution in [0.2, 0.25) is 0 Å². The normalized spacial score (nSPS) is 11.3. The number of pyridine rings is 1. The smallest absolute Gasteiger partial charge is 0.387 e. The van der Waals surface area contributed by atoms with Gasteiger partial charge in [-0.2, -0.15) is 13.9 Å². The summed E-state index contributed by atoms with van der Waals surface area (Å²) in [6.45, 7) is 2.79. The Morgan fingerprint density at radius 3 is 2.47 bits per heavy atom. The van der Waals surface area contributed by atoms with Crippen LogP contribution in [0.4, 0.5) is 14.5 Å². The highest BCUT2D eigenvalue weighted by molar-refractivity contribution is 6.07. The Hall–Kier alpha value is -4.01. The SMILES string of the molecule is COc1ccc(-c2cc(NC(=O)c3cc4cnn(C(C)C)c4nc3C)ccc2OC(F)F)cc1. The summed E-state index contributed by atoms with van der Waals surface area (Å²) in [6, 6.07) is 13.3. The van der Waals surface area contributed by atoms with Gasteiger partial charge in [0.2, 0.25) is 0 Å². The molecule has 2 heterocycles. The second-order valence-corrected chi connectivity index (χ2v) is 7.99. The maximum atomic E-state index is 13.1. The van der Waals surface area contributed by atoms with Gasteiger partial charge in [0, 0.05) is 22.7 Å². The van der Waals surface area contributed by atoms with E-state index in [9.17, 15) is 13.6 Å². The van der Waals surface area contributed by atoms with E-state index in [-0.39, 0.29) is 17.7 Å². The fourth-order valence-corrected chi connectivity index (χ4v) is 3.67. The molecule has 2 aromatic heterocycles. The first-order chi connectivity index (χ1) is 16.3. The second-order valence-electron chi connectivity index (χ2n) is 7.99. The highest BCUT2D eigenvalue weighted by Gasteiger charge is 2.17. The number of benzene rings is 2. The molecule has 0 aliphatic heterocycles. The van der Waals surface area contributed by atoms with Gasteiger partial charge in [-0.3, -0.25) is 4.79 Å². The molecule has 1 N–H and O–H groups in total. The molecule has 7 nitrogen and oxygen atoms in total. The summed E-state index contributed by atoms with van der Waals surface area (Å²) < 4.78 is 37.6. The zero-order chi connectivity index (χ0) is 24.4. The number of halogens is 2. The molecule has 2 aromatic carbocycles. The Kier molecular flexibility index (Phi) is 6.45. The number of ether oxygens (including phenoxy) is 2. The van der Waals surface area contributed by atoms with Crippen molar-refractivity contribution in [3.05, 3.63) is 66.0 Å². The van der Waals surface area contributed by atoms with Gasteiger partial charge in [-0.05, 0) is 62.7 Å². The van der Waals surface area contributed by atoms with E-state index in [1.54, 1.807) is 61.3 Å². The molecular formula is C25H24F2N4O3. The van der Waals surface area contributed by atoms with Crippen LogP contribution < -0.4 is 14.8 Å². The number of fused-ring (bicyclic) bond motifs is 1. The van der Waals surface area contributed by atoms with Gasteiger partial charge in [0.05, 0.1) is 24.6 Å². The minimum absolute atomic E-state index is 0.00136. The average Bonchev–Trinajstić information content (AvgIpc) is 3.22. The van der Waals surface area contributed by atoms with Crippen molar-refractivity contribution < 1.29 is 23.0 Å². The van der Waals surface area contributed by atoms with Crippen LogP contribution in [-0.4, -0.2) is 34.4 Å². The number of amides is 1. The highest BCUT2D eigenvalue weighted by Crippen LogP contribution is 2.35. The molecule has 0 radical (unpaired) electrons. The van der Waals surface area contributed by atoms with E-state index < -0.39 is 6.61 Å². The van der Waals surface area contributed by atoms with Crippen LogP contribution in [0.5, 0.6) is 11.5 Å². The predicted octanol–water partition coefficient (Wildman–Crippen LogP) is 5.85. The van der Waals surface area contributed by atoms with Crippen LogP contribution in [0, 0.1) is 6.92 Å². The monoisotopic (exact) mass is 466 g/mol. The number of carbonyl (C=O) groups excluding carboxylic acids is 1. The Morgan fingerprint density at radius 2 is 1.82 bits per heavy atom. The summed E-state index contributed by atoms with van der Waals surface area (Å²) in [5, 5.41) is 7.94. The molecule has 9 heteroatoms. The van der Waals surface area contributed by atoms with E-state index in [0.717, 1.165) is 5.39 Å². The van der Waals surface area contributed by atoms with Crippen molar-refractivity contribution in [2.75, 3.05) is 12.4 Å². The molecule has 4 aromatic rings. The lowest BCUT2D eigenvalue weighted by atomic mass is 10.0. The van der Waals surface area contributed by atoms with Gasteiger partial charge in [0.1, 0.15) is 11.5 Å². The van der Waals surface area contributed by atoms with E-state index >= 15 is 0 Å². The zero-order valence-electron chi connectivity index (χ0n) is 19.2. The van der Waals surface area contributed by atoms with E-state index in [0.29, 0.717) is 39.5 Å². The molecule has 0 bridgehead atoms. The van der Waals surface area contributed by atoms with E-state index in [4.69, 9.17) is 9.47 Å². The number of aromatic nitrogens is 3. The van der Waals surface area contributed by atoms with Crippen LogP contribution in [0.15, 0.2) is 54.7 Å². The Morgan fingerprint density at radius 1 is 1.09 bits per heavy atom. The molecule has 1 amide bonds. The third kappa shape index (κ3) is 4.68. The molecule has 0 spiro atoms. The van der Waals surface area contributed by atoms with Crippen LogP contribution in [0.25, 0.3) is 22.2 Å². The first-order valence-corrected chi connectivity index (χ1v) is 10.7. The van der Waals surface area contributed by atoms with Crippen LogP contribution in [0.1, 0.15) is 35.9 Å². The van der Waals surface area contributed by atoms with Crippen molar-refractivity contribution in [3.63, 3.8) is 0 Å². The number of alkyl halides is 2. The van der Waals surface area contributed by atoms with Crippen molar-refractivity contribution >= 4 is 22.6 Å².